The minimum atomic E-state index is -0.538. The maximum absolute atomic E-state index is 10.2. The normalized spacial score (nSPS) is 14.2. The predicted octanol–water partition coefficient (Wildman–Crippen LogP) is 4.47. The van der Waals surface area contributed by atoms with Gasteiger partial charge >= 0.3 is 0 Å². The van der Waals surface area contributed by atoms with E-state index in [1.807, 2.05) is 41.1 Å². The van der Waals surface area contributed by atoms with Gasteiger partial charge in [0, 0.05) is 11.4 Å². The van der Waals surface area contributed by atoms with E-state index < -0.39 is 6.10 Å². The number of hydrogen-bond donors (Lipinski definition) is 2. The van der Waals surface area contributed by atoms with Crippen molar-refractivity contribution in [2.24, 2.45) is 0 Å². The van der Waals surface area contributed by atoms with Crippen LogP contribution in [-0.2, 0) is 0 Å². The molecule has 0 spiro atoms. The summed E-state index contributed by atoms with van der Waals surface area (Å²) in [5.74, 6) is 0.811. The van der Waals surface area contributed by atoms with Gasteiger partial charge in [0.15, 0.2) is 0 Å². The van der Waals surface area contributed by atoms with Crippen molar-refractivity contribution in [1.29, 1.82) is 0 Å². The maximum atomic E-state index is 10.2. The van der Waals surface area contributed by atoms with E-state index in [1.165, 1.54) is 11.3 Å². The molecule has 0 aliphatic rings. The average molecular weight is 340 g/mol. The predicted molar refractivity (Wildman–Crippen MR) is 87.2 cm³/mol. The lowest BCUT2D eigenvalue weighted by molar-refractivity contribution is 0.171. The van der Waals surface area contributed by atoms with Crippen LogP contribution in [0.2, 0.25) is 4.34 Å². The third-order valence-corrected chi connectivity index (χ3v) is 5.15. The van der Waals surface area contributed by atoms with Crippen LogP contribution in [0.4, 0.5) is 0 Å². The lowest BCUT2D eigenvalue weighted by Gasteiger charge is -2.17. The molecule has 0 bridgehead atoms. The molecule has 0 fully saturated rings. The zero-order valence-corrected chi connectivity index (χ0v) is 13.4. The SMILES string of the molecule is OC(CNC(c1ccco1)c1ccc(Cl)s1)c1ccsc1. The van der Waals surface area contributed by atoms with Crippen LogP contribution in [-0.4, -0.2) is 11.7 Å². The summed E-state index contributed by atoms with van der Waals surface area (Å²) >= 11 is 9.11. The quantitative estimate of drug-likeness (QED) is 0.696. The van der Waals surface area contributed by atoms with Crippen molar-refractivity contribution in [1.82, 2.24) is 5.32 Å². The molecule has 2 atom stereocenters. The third kappa shape index (κ3) is 3.56. The molecule has 0 saturated carbocycles. The summed E-state index contributed by atoms with van der Waals surface area (Å²) in [5.41, 5.74) is 0.926. The van der Waals surface area contributed by atoms with Gasteiger partial charge in [-0.15, -0.1) is 11.3 Å². The Morgan fingerprint density at radius 3 is 2.81 bits per heavy atom. The fraction of sp³-hybridized carbons (Fsp3) is 0.200. The number of hydrogen-bond acceptors (Lipinski definition) is 5. The van der Waals surface area contributed by atoms with Crippen molar-refractivity contribution < 1.29 is 9.52 Å². The summed E-state index contributed by atoms with van der Waals surface area (Å²) in [6.07, 6.45) is 1.11. The Morgan fingerprint density at radius 1 is 1.29 bits per heavy atom. The first kappa shape index (κ1) is 14.8. The molecule has 0 amide bonds. The minimum absolute atomic E-state index is 0.106. The molecule has 3 rings (SSSR count). The Hall–Kier alpha value is -1.11. The van der Waals surface area contributed by atoms with Crippen molar-refractivity contribution >= 4 is 34.3 Å². The molecule has 110 valence electrons. The lowest BCUT2D eigenvalue weighted by atomic mass is 10.1. The van der Waals surface area contributed by atoms with E-state index in [-0.39, 0.29) is 6.04 Å². The van der Waals surface area contributed by atoms with Crippen LogP contribution in [0.1, 0.15) is 28.3 Å². The van der Waals surface area contributed by atoms with Gasteiger partial charge in [0.05, 0.1) is 16.7 Å². The van der Waals surface area contributed by atoms with Crippen LogP contribution in [0.3, 0.4) is 0 Å². The largest absolute Gasteiger partial charge is 0.467 e. The number of rotatable bonds is 6. The second-order valence-corrected chi connectivity index (χ2v) is 7.10. The number of furan rings is 1. The number of halogens is 1. The maximum Gasteiger partial charge on any atom is 0.126 e. The molecule has 0 radical (unpaired) electrons. The second kappa shape index (κ2) is 6.77. The van der Waals surface area contributed by atoms with Gasteiger partial charge in [0.25, 0.3) is 0 Å². The molecule has 0 aliphatic heterocycles. The van der Waals surface area contributed by atoms with E-state index in [2.05, 4.69) is 5.32 Å². The smallest absolute Gasteiger partial charge is 0.126 e. The highest BCUT2D eigenvalue weighted by Gasteiger charge is 2.20. The van der Waals surface area contributed by atoms with Crippen molar-refractivity contribution in [2.45, 2.75) is 12.1 Å². The molecule has 3 heterocycles. The van der Waals surface area contributed by atoms with E-state index >= 15 is 0 Å². The van der Waals surface area contributed by atoms with Gasteiger partial charge < -0.3 is 14.8 Å². The monoisotopic (exact) mass is 339 g/mol. The lowest BCUT2D eigenvalue weighted by Crippen LogP contribution is -2.26. The highest BCUT2D eigenvalue weighted by atomic mass is 35.5. The van der Waals surface area contributed by atoms with Crippen LogP contribution in [0, 0.1) is 0 Å². The third-order valence-electron chi connectivity index (χ3n) is 3.15. The molecule has 2 unspecified atom stereocenters. The Kier molecular flexibility index (Phi) is 4.77. The molecule has 3 nitrogen and oxygen atoms in total. The first-order chi connectivity index (χ1) is 10.2. The molecular formula is C15H14ClNO2S2. The van der Waals surface area contributed by atoms with E-state index in [1.54, 1.807) is 17.6 Å². The highest BCUT2D eigenvalue weighted by molar-refractivity contribution is 7.16. The van der Waals surface area contributed by atoms with E-state index in [4.69, 9.17) is 16.0 Å². The Bertz CT molecular complexity index is 664. The van der Waals surface area contributed by atoms with Gasteiger partial charge in [-0.1, -0.05) is 11.6 Å². The molecule has 0 aromatic carbocycles. The summed E-state index contributed by atoms with van der Waals surface area (Å²) in [4.78, 5) is 1.06. The molecule has 2 N–H and O–H groups in total. The van der Waals surface area contributed by atoms with Crippen LogP contribution in [0.5, 0.6) is 0 Å². The van der Waals surface area contributed by atoms with Crippen LogP contribution in [0.15, 0.2) is 51.8 Å². The van der Waals surface area contributed by atoms with Gasteiger partial charge in [-0.25, -0.2) is 0 Å². The zero-order valence-electron chi connectivity index (χ0n) is 11.0. The Morgan fingerprint density at radius 2 is 2.19 bits per heavy atom. The summed E-state index contributed by atoms with van der Waals surface area (Å²) in [7, 11) is 0. The molecular weight excluding hydrogens is 326 g/mol. The fourth-order valence-electron chi connectivity index (χ4n) is 2.09. The van der Waals surface area contributed by atoms with Gasteiger partial charge in [-0.05, 0) is 46.7 Å². The van der Waals surface area contributed by atoms with Gasteiger partial charge in [0.2, 0.25) is 0 Å². The molecule has 0 aliphatic carbocycles. The summed E-state index contributed by atoms with van der Waals surface area (Å²) in [6.45, 7) is 0.442. The molecule has 21 heavy (non-hydrogen) atoms. The fourth-order valence-corrected chi connectivity index (χ4v) is 3.94. The minimum Gasteiger partial charge on any atom is -0.467 e. The Balaban J connectivity index is 1.74. The Labute approximate surface area is 135 Å². The first-order valence-corrected chi connectivity index (χ1v) is 8.60. The van der Waals surface area contributed by atoms with Gasteiger partial charge in [0.1, 0.15) is 11.8 Å². The first-order valence-electron chi connectivity index (χ1n) is 6.46. The van der Waals surface area contributed by atoms with Gasteiger partial charge in [-0.2, -0.15) is 11.3 Å². The van der Waals surface area contributed by atoms with Crippen LogP contribution >= 0.6 is 34.3 Å². The molecule has 3 aromatic heterocycles. The van der Waals surface area contributed by atoms with E-state index in [9.17, 15) is 5.11 Å². The zero-order chi connectivity index (χ0) is 14.7. The van der Waals surface area contributed by atoms with Crippen molar-refractivity contribution in [2.75, 3.05) is 6.54 Å². The topological polar surface area (TPSA) is 45.4 Å². The van der Waals surface area contributed by atoms with Crippen molar-refractivity contribution in [3.05, 3.63) is 67.9 Å². The summed E-state index contributed by atoms with van der Waals surface area (Å²) < 4.78 is 6.24. The summed E-state index contributed by atoms with van der Waals surface area (Å²) in [6, 6.07) is 9.45. The van der Waals surface area contributed by atoms with Crippen LogP contribution in [0.25, 0.3) is 0 Å². The summed E-state index contributed by atoms with van der Waals surface area (Å²) in [5, 5.41) is 17.5. The van der Waals surface area contributed by atoms with Crippen LogP contribution < -0.4 is 5.32 Å². The second-order valence-electron chi connectivity index (χ2n) is 4.57. The number of thiophene rings is 2. The van der Waals surface area contributed by atoms with E-state index in [0.29, 0.717) is 6.54 Å². The average Bonchev–Trinajstić information content (AvgIpc) is 3.21. The highest BCUT2D eigenvalue weighted by Crippen LogP contribution is 2.31. The molecule has 0 saturated heterocycles. The molecule has 3 aromatic rings. The van der Waals surface area contributed by atoms with E-state index in [0.717, 1.165) is 20.5 Å². The number of nitrogens with one attached hydrogen (secondary N) is 1. The van der Waals surface area contributed by atoms with Gasteiger partial charge in [-0.3, -0.25) is 0 Å². The van der Waals surface area contributed by atoms with Crippen molar-refractivity contribution in [3.63, 3.8) is 0 Å². The standard InChI is InChI=1S/C15H14ClNO2S2/c16-14-4-3-13(21-14)15(12-2-1-6-19-12)17-8-11(18)10-5-7-20-9-10/h1-7,9,11,15,17-18H,8H2. The molecule has 6 heteroatoms. The number of aliphatic hydroxyl groups excluding tert-OH is 1. The van der Waals surface area contributed by atoms with Crippen molar-refractivity contribution in [3.8, 4) is 0 Å². The number of aliphatic hydroxyl groups is 1.